The van der Waals surface area contributed by atoms with Gasteiger partial charge in [-0.05, 0) is 42.0 Å². The lowest BCUT2D eigenvalue weighted by molar-refractivity contribution is -0.118. The molecule has 1 amide bonds. The van der Waals surface area contributed by atoms with Crippen LogP contribution in [0.2, 0.25) is 0 Å². The maximum atomic E-state index is 12.0. The number of nitrogens with zero attached hydrogens (tertiary/aromatic N) is 1. The molecule has 0 aliphatic rings. The lowest BCUT2D eigenvalue weighted by atomic mass is 9.80. The van der Waals surface area contributed by atoms with Crippen LogP contribution in [0.25, 0.3) is 0 Å². The van der Waals surface area contributed by atoms with Gasteiger partial charge in [-0.15, -0.1) is 11.8 Å². The number of benzene rings is 2. The molecule has 2 rings (SSSR count). The van der Waals surface area contributed by atoms with Crippen molar-refractivity contribution >= 4 is 39.3 Å². The van der Waals surface area contributed by atoms with Crippen LogP contribution in [0.3, 0.4) is 0 Å². The van der Waals surface area contributed by atoms with Crippen molar-refractivity contribution in [1.82, 2.24) is 5.43 Å². The van der Waals surface area contributed by atoms with Crippen molar-refractivity contribution < 1.29 is 4.79 Å². The quantitative estimate of drug-likeness (QED) is 0.439. The van der Waals surface area contributed by atoms with E-state index in [4.69, 9.17) is 0 Å². The second kappa shape index (κ2) is 9.93. The fraction of sp³-hybridized carbons (Fsp3) is 0.333. The van der Waals surface area contributed by atoms with Gasteiger partial charge in [0.2, 0.25) is 5.91 Å². The summed E-state index contributed by atoms with van der Waals surface area (Å²) in [7, 11) is 0. The van der Waals surface area contributed by atoms with E-state index in [-0.39, 0.29) is 11.3 Å². The van der Waals surface area contributed by atoms with E-state index in [1.165, 1.54) is 11.1 Å². The molecular formula is C21H25BrN2OS. The summed E-state index contributed by atoms with van der Waals surface area (Å²) in [5, 5.41) is 4.27. The summed E-state index contributed by atoms with van der Waals surface area (Å²) >= 11 is 5.04. The molecule has 0 fully saturated rings. The zero-order valence-electron chi connectivity index (χ0n) is 15.5. The minimum atomic E-state index is -0.0677. The van der Waals surface area contributed by atoms with Crippen LogP contribution in [0, 0.1) is 0 Å². The van der Waals surface area contributed by atoms with E-state index in [0.29, 0.717) is 5.75 Å². The van der Waals surface area contributed by atoms with E-state index in [2.05, 4.69) is 64.6 Å². The van der Waals surface area contributed by atoms with Gasteiger partial charge in [0, 0.05) is 15.9 Å². The van der Waals surface area contributed by atoms with Gasteiger partial charge in [-0.2, -0.15) is 5.10 Å². The van der Waals surface area contributed by atoms with E-state index < -0.39 is 0 Å². The van der Waals surface area contributed by atoms with E-state index in [1.807, 2.05) is 37.3 Å². The number of halogens is 1. The molecule has 3 nitrogen and oxygen atoms in total. The number of hydrogen-bond acceptors (Lipinski definition) is 3. The van der Waals surface area contributed by atoms with E-state index in [1.54, 1.807) is 11.8 Å². The summed E-state index contributed by atoms with van der Waals surface area (Å²) in [4.78, 5) is 12.0. The first-order chi connectivity index (χ1) is 12.4. The molecule has 0 aliphatic carbocycles. The molecule has 138 valence electrons. The van der Waals surface area contributed by atoms with Gasteiger partial charge >= 0.3 is 0 Å². The van der Waals surface area contributed by atoms with Gasteiger partial charge in [-0.25, -0.2) is 5.43 Å². The number of nitrogens with one attached hydrogen (secondary N) is 1. The summed E-state index contributed by atoms with van der Waals surface area (Å²) in [5.74, 6) is 1.13. The molecule has 0 atom stereocenters. The highest BCUT2D eigenvalue weighted by atomic mass is 79.9. The summed E-state index contributed by atoms with van der Waals surface area (Å²) in [5.41, 5.74) is 6.04. The molecule has 0 spiro atoms. The van der Waals surface area contributed by atoms with Crippen molar-refractivity contribution in [2.75, 3.05) is 5.75 Å². The molecular weight excluding hydrogens is 408 g/mol. The van der Waals surface area contributed by atoms with Crippen LogP contribution in [0.4, 0.5) is 0 Å². The summed E-state index contributed by atoms with van der Waals surface area (Å²) < 4.78 is 1.06. The zero-order valence-corrected chi connectivity index (χ0v) is 17.9. The molecule has 0 saturated carbocycles. The minimum absolute atomic E-state index is 0.0188. The standard InChI is InChI=1S/C21H25BrN2OS/c1-16(13-21(2,3)18-9-5-4-6-10-18)23-24-20(25)15-26-14-17-8-7-11-19(22)12-17/h4-12H,13-15H2,1-3H3,(H,24,25)/b23-16-. The van der Waals surface area contributed by atoms with Crippen LogP contribution >= 0.6 is 27.7 Å². The van der Waals surface area contributed by atoms with Crippen LogP contribution < -0.4 is 5.43 Å². The van der Waals surface area contributed by atoms with Crippen LogP contribution in [0.15, 0.2) is 64.2 Å². The monoisotopic (exact) mass is 432 g/mol. The number of carbonyl (C=O) groups excluding carboxylic acids is 1. The molecule has 0 aliphatic heterocycles. The first-order valence-corrected chi connectivity index (χ1v) is 10.5. The largest absolute Gasteiger partial charge is 0.272 e. The summed E-state index contributed by atoms with van der Waals surface area (Å²) in [6.07, 6.45) is 0.794. The van der Waals surface area contributed by atoms with Crippen LogP contribution in [0.5, 0.6) is 0 Å². The van der Waals surface area contributed by atoms with Crippen molar-refractivity contribution in [2.45, 2.75) is 38.4 Å². The maximum Gasteiger partial charge on any atom is 0.250 e. The van der Waals surface area contributed by atoms with Gasteiger partial charge < -0.3 is 0 Å². The fourth-order valence-corrected chi connectivity index (χ4v) is 3.96. The molecule has 0 unspecified atom stereocenters. The van der Waals surface area contributed by atoms with Gasteiger partial charge in [0.1, 0.15) is 0 Å². The van der Waals surface area contributed by atoms with E-state index in [0.717, 1.165) is 22.4 Å². The van der Waals surface area contributed by atoms with Crippen LogP contribution in [0.1, 0.15) is 38.3 Å². The SMILES string of the molecule is C/C(CC(C)(C)c1ccccc1)=N/NC(=O)CSCc1cccc(Br)c1. The van der Waals surface area contributed by atoms with Crippen molar-refractivity contribution in [3.05, 3.63) is 70.2 Å². The fourth-order valence-electron chi connectivity index (χ4n) is 2.75. The summed E-state index contributed by atoms with van der Waals surface area (Å²) in [6.45, 7) is 6.34. The molecule has 0 radical (unpaired) electrons. The smallest absolute Gasteiger partial charge is 0.250 e. The number of amides is 1. The Balaban J connectivity index is 1.78. The Morgan fingerprint density at radius 1 is 1.15 bits per heavy atom. The molecule has 5 heteroatoms. The van der Waals surface area contributed by atoms with Gasteiger partial charge in [0.05, 0.1) is 5.75 Å². The van der Waals surface area contributed by atoms with E-state index in [9.17, 15) is 4.79 Å². The van der Waals surface area contributed by atoms with Crippen LogP contribution in [-0.2, 0) is 16.0 Å². The van der Waals surface area contributed by atoms with Gasteiger partial charge in [0.25, 0.3) is 0 Å². The average Bonchev–Trinajstić information content (AvgIpc) is 2.60. The molecule has 2 aromatic rings. The normalized spacial score (nSPS) is 12.1. The predicted octanol–water partition coefficient (Wildman–Crippen LogP) is 5.54. The van der Waals surface area contributed by atoms with Crippen molar-refractivity contribution in [1.29, 1.82) is 0 Å². The van der Waals surface area contributed by atoms with Gasteiger partial charge in [0.15, 0.2) is 0 Å². The minimum Gasteiger partial charge on any atom is -0.272 e. The molecule has 26 heavy (non-hydrogen) atoms. The lowest BCUT2D eigenvalue weighted by Crippen LogP contribution is -2.25. The first kappa shape index (κ1) is 20.7. The van der Waals surface area contributed by atoms with Crippen molar-refractivity contribution in [3.63, 3.8) is 0 Å². The molecule has 0 saturated heterocycles. The zero-order chi connectivity index (χ0) is 19.0. The number of thioether (sulfide) groups is 1. The van der Waals surface area contributed by atoms with Crippen molar-refractivity contribution in [2.24, 2.45) is 5.10 Å². The molecule has 2 aromatic carbocycles. The van der Waals surface area contributed by atoms with Crippen molar-refractivity contribution in [3.8, 4) is 0 Å². The maximum absolute atomic E-state index is 12.0. The first-order valence-electron chi connectivity index (χ1n) is 8.56. The van der Waals surface area contributed by atoms with E-state index >= 15 is 0 Å². The highest BCUT2D eigenvalue weighted by molar-refractivity contribution is 9.10. The third-order valence-corrected chi connectivity index (χ3v) is 5.51. The second-order valence-corrected chi connectivity index (χ2v) is 8.83. The third-order valence-electron chi connectivity index (χ3n) is 4.02. The lowest BCUT2D eigenvalue weighted by Gasteiger charge is -2.25. The Morgan fingerprint density at radius 3 is 2.58 bits per heavy atom. The second-order valence-electron chi connectivity index (χ2n) is 6.93. The Kier molecular flexibility index (Phi) is 7.91. The molecule has 0 bridgehead atoms. The van der Waals surface area contributed by atoms with Crippen LogP contribution in [-0.4, -0.2) is 17.4 Å². The average molecular weight is 433 g/mol. The highest BCUT2D eigenvalue weighted by Crippen LogP contribution is 2.27. The van der Waals surface area contributed by atoms with Gasteiger partial charge in [-0.1, -0.05) is 72.2 Å². The topological polar surface area (TPSA) is 41.5 Å². The molecule has 0 heterocycles. The van der Waals surface area contributed by atoms with Gasteiger partial charge in [-0.3, -0.25) is 4.79 Å². The number of carbonyl (C=O) groups is 1. The number of rotatable bonds is 8. The predicted molar refractivity (Wildman–Crippen MR) is 116 cm³/mol. The Hall–Kier alpha value is -1.59. The Labute approximate surface area is 168 Å². The molecule has 0 aromatic heterocycles. The Morgan fingerprint density at radius 2 is 1.88 bits per heavy atom. The summed E-state index contributed by atoms with van der Waals surface area (Å²) in [6, 6.07) is 18.5. The number of hydrogen-bond donors (Lipinski definition) is 1. The third kappa shape index (κ3) is 6.96. The highest BCUT2D eigenvalue weighted by Gasteiger charge is 2.21. The Bertz CT molecular complexity index is 760. The molecule has 1 N–H and O–H groups in total. The number of hydrazone groups is 1.